The Morgan fingerprint density at radius 1 is 1.31 bits per heavy atom. The maximum Gasteiger partial charge on any atom is 0.200 e. The molecule has 0 atom stereocenters. The highest BCUT2D eigenvalue weighted by Crippen LogP contribution is 2.15. The van der Waals surface area contributed by atoms with Crippen molar-refractivity contribution in [2.45, 2.75) is 6.92 Å². The van der Waals surface area contributed by atoms with Crippen molar-refractivity contribution in [1.29, 1.82) is 0 Å². The summed E-state index contributed by atoms with van der Waals surface area (Å²) >= 11 is 0. The predicted octanol–water partition coefficient (Wildman–Crippen LogP) is 2.01. The molecule has 0 radical (unpaired) electrons. The van der Waals surface area contributed by atoms with E-state index in [0.717, 1.165) is 18.3 Å². The molecule has 82 valence electrons. The molecule has 0 saturated carbocycles. The summed E-state index contributed by atoms with van der Waals surface area (Å²) in [6, 6.07) is 2.01. The van der Waals surface area contributed by atoms with Crippen molar-refractivity contribution in [2.75, 3.05) is 0 Å². The number of nitrogens with one attached hydrogen (secondary N) is 1. The second kappa shape index (κ2) is 3.52. The first kappa shape index (κ1) is 10.5. The molecule has 0 aliphatic carbocycles. The van der Waals surface area contributed by atoms with Crippen LogP contribution < -0.4 is 5.43 Å². The summed E-state index contributed by atoms with van der Waals surface area (Å²) in [4.78, 5) is 25.2. The molecule has 1 aromatic heterocycles. The summed E-state index contributed by atoms with van der Waals surface area (Å²) in [6.45, 7) is 1.23. The van der Waals surface area contributed by atoms with E-state index in [1.807, 2.05) is 0 Å². The Kier molecular flexibility index (Phi) is 2.30. The third-order valence-electron chi connectivity index (χ3n) is 2.32. The van der Waals surface area contributed by atoms with E-state index in [1.54, 1.807) is 0 Å². The van der Waals surface area contributed by atoms with Crippen LogP contribution in [0.25, 0.3) is 10.9 Å². The van der Waals surface area contributed by atoms with Gasteiger partial charge in [0, 0.05) is 11.6 Å². The molecule has 0 saturated heterocycles. The fraction of sp³-hybridized carbons (Fsp3) is 0.0909. The molecule has 3 nitrogen and oxygen atoms in total. The number of rotatable bonds is 1. The number of Topliss-reactive ketones (excluding diaryl/α,β-unsaturated/α-hetero) is 1. The molecular weight excluding hydrogens is 216 g/mol. The molecular formula is C11H7F2NO2. The average Bonchev–Trinajstić information content (AvgIpc) is 2.23. The lowest BCUT2D eigenvalue weighted by atomic mass is 10.1. The molecule has 0 aliphatic heterocycles. The zero-order valence-corrected chi connectivity index (χ0v) is 8.30. The summed E-state index contributed by atoms with van der Waals surface area (Å²) in [7, 11) is 0. The zero-order chi connectivity index (χ0) is 11.9. The number of carbonyl (C=O) groups excluding carboxylic acids is 1. The van der Waals surface area contributed by atoms with Crippen LogP contribution in [0.5, 0.6) is 0 Å². The van der Waals surface area contributed by atoms with Crippen molar-refractivity contribution in [3.63, 3.8) is 0 Å². The molecule has 0 amide bonds. The number of H-pyrrole nitrogens is 1. The fourth-order valence-electron chi connectivity index (χ4n) is 1.50. The lowest BCUT2D eigenvalue weighted by molar-refractivity contribution is 0.101. The number of hydrogen-bond donors (Lipinski definition) is 1. The van der Waals surface area contributed by atoms with E-state index in [-0.39, 0.29) is 16.5 Å². The molecule has 0 spiro atoms. The second-order valence-corrected chi connectivity index (χ2v) is 3.37. The van der Waals surface area contributed by atoms with Crippen LogP contribution >= 0.6 is 0 Å². The van der Waals surface area contributed by atoms with Gasteiger partial charge in [0.15, 0.2) is 22.8 Å². The molecule has 16 heavy (non-hydrogen) atoms. The normalized spacial score (nSPS) is 10.7. The van der Waals surface area contributed by atoms with Crippen molar-refractivity contribution in [3.05, 3.63) is 45.8 Å². The minimum absolute atomic E-state index is 0.0356. The van der Waals surface area contributed by atoms with Crippen molar-refractivity contribution in [1.82, 2.24) is 4.98 Å². The largest absolute Gasteiger partial charge is 0.358 e. The van der Waals surface area contributed by atoms with Crippen LogP contribution in [0.4, 0.5) is 8.78 Å². The maximum absolute atomic E-state index is 13.3. The lowest BCUT2D eigenvalue weighted by Gasteiger charge is -2.02. The number of benzene rings is 1. The monoisotopic (exact) mass is 223 g/mol. The van der Waals surface area contributed by atoms with Gasteiger partial charge in [-0.25, -0.2) is 8.78 Å². The standard InChI is InChI=1S/C11H7F2NO2/c1-5(15)7-4-14-10-6(11(7)16)2-3-8(12)9(10)13/h2-4H,1H3,(H,14,16). The van der Waals surface area contributed by atoms with Crippen LogP contribution in [0.1, 0.15) is 17.3 Å². The maximum atomic E-state index is 13.3. The number of ketones is 1. The van der Waals surface area contributed by atoms with Gasteiger partial charge in [0.2, 0.25) is 0 Å². The molecule has 2 rings (SSSR count). The summed E-state index contributed by atoms with van der Waals surface area (Å²) in [5.74, 6) is -2.59. The SMILES string of the molecule is CC(=O)c1c[nH]c2c(F)c(F)ccc2c1=O. The molecule has 0 aliphatic rings. The fourth-order valence-corrected chi connectivity index (χ4v) is 1.50. The number of aromatic amines is 1. The number of hydrogen-bond acceptors (Lipinski definition) is 2. The molecule has 1 heterocycles. The highest BCUT2D eigenvalue weighted by atomic mass is 19.2. The second-order valence-electron chi connectivity index (χ2n) is 3.37. The minimum atomic E-state index is -1.12. The molecule has 0 bridgehead atoms. The Morgan fingerprint density at radius 3 is 2.62 bits per heavy atom. The van der Waals surface area contributed by atoms with Crippen molar-refractivity contribution in [3.8, 4) is 0 Å². The highest BCUT2D eigenvalue weighted by molar-refractivity contribution is 5.97. The van der Waals surface area contributed by atoms with Crippen molar-refractivity contribution >= 4 is 16.7 Å². The van der Waals surface area contributed by atoms with Crippen molar-refractivity contribution < 1.29 is 13.6 Å². The Morgan fingerprint density at radius 2 is 2.00 bits per heavy atom. The van der Waals surface area contributed by atoms with E-state index < -0.39 is 22.8 Å². The Bertz CT molecular complexity index is 646. The van der Waals surface area contributed by atoms with Gasteiger partial charge in [-0.2, -0.15) is 0 Å². The van der Waals surface area contributed by atoms with Gasteiger partial charge in [0.05, 0.1) is 11.1 Å². The predicted molar refractivity (Wildman–Crippen MR) is 54.5 cm³/mol. The van der Waals surface area contributed by atoms with E-state index in [1.165, 1.54) is 6.92 Å². The number of aromatic nitrogens is 1. The summed E-state index contributed by atoms with van der Waals surface area (Å²) < 4.78 is 26.2. The minimum Gasteiger partial charge on any atom is -0.358 e. The molecule has 5 heteroatoms. The van der Waals surface area contributed by atoms with Crippen LogP contribution in [0.3, 0.4) is 0 Å². The highest BCUT2D eigenvalue weighted by Gasteiger charge is 2.13. The smallest absolute Gasteiger partial charge is 0.200 e. The van der Waals surface area contributed by atoms with Gasteiger partial charge in [0.25, 0.3) is 0 Å². The molecule has 1 aromatic carbocycles. The van der Waals surface area contributed by atoms with Crippen molar-refractivity contribution in [2.24, 2.45) is 0 Å². The summed E-state index contributed by atoms with van der Waals surface area (Å²) in [5.41, 5.74) is -0.895. The van der Waals surface area contributed by atoms with Gasteiger partial charge < -0.3 is 4.98 Å². The first-order valence-electron chi connectivity index (χ1n) is 4.52. The topological polar surface area (TPSA) is 49.9 Å². The van der Waals surface area contributed by atoms with Gasteiger partial charge in [-0.15, -0.1) is 0 Å². The first-order valence-corrected chi connectivity index (χ1v) is 4.52. The van der Waals surface area contributed by atoms with E-state index in [9.17, 15) is 18.4 Å². The number of pyridine rings is 1. The van der Waals surface area contributed by atoms with Crippen LogP contribution in [-0.2, 0) is 0 Å². The Balaban J connectivity index is 2.93. The van der Waals surface area contributed by atoms with Gasteiger partial charge in [0.1, 0.15) is 0 Å². The third-order valence-corrected chi connectivity index (χ3v) is 2.32. The lowest BCUT2D eigenvalue weighted by Crippen LogP contribution is -2.14. The Labute approximate surface area is 88.7 Å². The van der Waals surface area contributed by atoms with Gasteiger partial charge in [-0.1, -0.05) is 0 Å². The summed E-state index contributed by atoms with van der Waals surface area (Å²) in [6.07, 6.45) is 1.09. The molecule has 2 aromatic rings. The van der Waals surface area contributed by atoms with E-state index >= 15 is 0 Å². The van der Waals surface area contributed by atoms with E-state index in [4.69, 9.17) is 0 Å². The van der Waals surface area contributed by atoms with Crippen LogP contribution in [0, 0.1) is 11.6 Å². The van der Waals surface area contributed by atoms with Crippen LogP contribution in [0.2, 0.25) is 0 Å². The zero-order valence-electron chi connectivity index (χ0n) is 8.30. The van der Waals surface area contributed by atoms with Gasteiger partial charge in [-0.3, -0.25) is 9.59 Å². The molecule has 0 unspecified atom stereocenters. The van der Waals surface area contributed by atoms with Crippen LogP contribution in [0.15, 0.2) is 23.1 Å². The van der Waals surface area contributed by atoms with Crippen LogP contribution in [-0.4, -0.2) is 10.8 Å². The average molecular weight is 223 g/mol. The van der Waals surface area contributed by atoms with Gasteiger partial charge in [-0.05, 0) is 19.1 Å². The molecule has 1 N–H and O–H groups in total. The number of fused-ring (bicyclic) bond motifs is 1. The third kappa shape index (κ3) is 1.41. The summed E-state index contributed by atoms with van der Waals surface area (Å²) in [5, 5.41) is -0.0356. The van der Waals surface area contributed by atoms with E-state index in [0.29, 0.717) is 0 Å². The van der Waals surface area contributed by atoms with Gasteiger partial charge >= 0.3 is 0 Å². The quantitative estimate of drug-likeness (QED) is 0.752. The number of carbonyl (C=O) groups is 1. The molecule has 0 fully saturated rings. The van der Waals surface area contributed by atoms with E-state index in [2.05, 4.69) is 4.98 Å². The number of halogens is 2. The Hall–Kier alpha value is -2.04. The first-order chi connectivity index (χ1) is 7.52.